The van der Waals surface area contributed by atoms with Gasteiger partial charge < -0.3 is 5.32 Å². The van der Waals surface area contributed by atoms with Crippen LogP contribution in [0.1, 0.15) is 34.7 Å². The minimum absolute atomic E-state index is 0.157. The van der Waals surface area contributed by atoms with Gasteiger partial charge in [-0.25, -0.2) is 13.8 Å². The summed E-state index contributed by atoms with van der Waals surface area (Å²) in [7, 11) is -3.98. The number of ketones is 1. The zero-order chi connectivity index (χ0) is 20.8. The number of fused-ring (bicyclic) bond motifs is 1. The third-order valence-corrected chi connectivity index (χ3v) is 7.14. The van der Waals surface area contributed by atoms with Gasteiger partial charge >= 0.3 is 10.2 Å². The highest BCUT2D eigenvalue weighted by molar-refractivity contribution is 14.1. The number of rotatable bonds is 5. The second-order valence-electron chi connectivity index (χ2n) is 6.89. The lowest BCUT2D eigenvalue weighted by atomic mass is 9.92. The highest BCUT2D eigenvalue weighted by Crippen LogP contribution is 2.35. The molecule has 1 fully saturated rings. The predicted molar refractivity (Wildman–Crippen MR) is 112 cm³/mol. The molecule has 0 aliphatic carbocycles. The molecule has 3 heterocycles. The Morgan fingerprint density at radius 3 is 2.72 bits per heavy atom. The molecule has 0 radical (unpaired) electrons. The fourth-order valence-electron chi connectivity index (χ4n) is 3.57. The summed E-state index contributed by atoms with van der Waals surface area (Å²) in [5.41, 5.74) is -0.650. The van der Waals surface area contributed by atoms with E-state index in [1.54, 1.807) is 12.3 Å². The van der Waals surface area contributed by atoms with Gasteiger partial charge in [-0.15, -0.1) is 0 Å². The summed E-state index contributed by atoms with van der Waals surface area (Å²) in [5.74, 6) is -3.34. The summed E-state index contributed by atoms with van der Waals surface area (Å²) >= 11 is 2.04. The quantitative estimate of drug-likeness (QED) is 0.455. The van der Waals surface area contributed by atoms with Crippen molar-refractivity contribution in [3.8, 4) is 0 Å². The van der Waals surface area contributed by atoms with Crippen LogP contribution >= 0.6 is 22.6 Å². The minimum Gasteiger partial charge on any atom is -0.369 e. The van der Waals surface area contributed by atoms with Gasteiger partial charge in [-0.2, -0.15) is 12.7 Å². The molecule has 1 atom stereocenters. The van der Waals surface area contributed by atoms with Crippen molar-refractivity contribution in [1.82, 2.24) is 9.29 Å². The largest absolute Gasteiger partial charge is 0.369 e. The van der Waals surface area contributed by atoms with Gasteiger partial charge in [0, 0.05) is 35.0 Å². The number of halogens is 3. The standard InChI is InChI=1S/C18H17F2IN4O3S/c19-13-3-4-14(24-29(27,28)25-5-1-2-6-25)16(20)15(13)17(26)12-9-23-18-11(12)7-10(21)8-22-18/h3-4,7-8,12,24H,1-2,5-6,9H2,(H,22,23). The first-order valence-electron chi connectivity index (χ1n) is 8.97. The first-order chi connectivity index (χ1) is 13.8. The lowest BCUT2D eigenvalue weighted by Gasteiger charge is -2.18. The third-order valence-electron chi connectivity index (χ3n) is 5.03. The second-order valence-corrected chi connectivity index (χ2v) is 9.80. The number of hydrogen-bond donors (Lipinski definition) is 2. The molecule has 29 heavy (non-hydrogen) atoms. The molecular weight excluding hydrogens is 517 g/mol. The zero-order valence-electron chi connectivity index (χ0n) is 15.1. The van der Waals surface area contributed by atoms with Crippen molar-refractivity contribution < 1.29 is 22.0 Å². The van der Waals surface area contributed by atoms with Crippen molar-refractivity contribution in [3.63, 3.8) is 0 Å². The summed E-state index contributed by atoms with van der Waals surface area (Å²) in [5, 5.41) is 2.96. The molecular formula is C18H17F2IN4O3S. The van der Waals surface area contributed by atoms with Gasteiger partial charge in [0.05, 0.1) is 17.2 Å². The summed E-state index contributed by atoms with van der Waals surface area (Å²) in [4.78, 5) is 17.2. The molecule has 0 saturated carbocycles. The number of nitrogens with zero attached hydrogens (tertiary/aromatic N) is 2. The Balaban J connectivity index is 1.68. The number of benzene rings is 1. The molecule has 0 spiro atoms. The minimum atomic E-state index is -3.98. The van der Waals surface area contributed by atoms with Crippen LogP contribution in [0.2, 0.25) is 0 Å². The van der Waals surface area contributed by atoms with Crippen molar-refractivity contribution in [2.45, 2.75) is 18.8 Å². The number of carbonyl (C=O) groups is 1. The van der Waals surface area contributed by atoms with Crippen LogP contribution in [0.15, 0.2) is 24.4 Å². The first kappa shape index (κ1) is 20.4. The Kier molecular flexibility index (Phi) is 5.46. The van der Waals surface area contributed by atoms with Crippen LogP contribution in [0.4, 0.5) is 20.3 Å². The number of pyridine rings is 1. The van der Waals surface area contributed by atoms with Gasteiger partial charge in [0.2, 0.25) is 0 Å². The number of anilines is 2. The predicted octanol–water partition coefficient (Wildman–Crippen LogP) is 3.11. The van der Waals surface area contributed by atoms with E-state index in [9.17, 15) is 17.6 Å². The number of carbonyl (C=O) groups excluding carboxylic acids is 1. The van der Waals surface area contributed by atoms with Crippen LogP contribution < -0.4 is 10.0 Å². The summed E-state index contributed by atoms with van der Waals surface area (Å²) in [6.45, 7) is 0.823. The van der Waals surface area contributed by atoms with Crippen LogP contribution in [0.3, 0.4) is 0 Å². The van der Waals surface area contributed by atoms with E-state index in [-0.39, 0.29) is 6.54 Å². The lowest BCUT2D eigenvalue weighted by Crippen LogP contribution is -2.33. The first-order valence-corrected chi connectivity index (χ1v) is 11.5. The molecule has 2 N–H and O–H groups in total. The van der Waals surface area contributed by atoms with Crippen LogP contribution in [-0.4, -0.2) is 43.1 Å². The van der Waals surface area contributed by atoms with Crippen LogP contribution in [0, 0.1) is 15.2 Å². The number of aromatic nitrogens is 1. The molecule has 1 aromatic heterocycles. The molecule has 154 valence electrons. The van der Waals surface area contributed by atoms with Crippen molar-refractivity contribution in [2.75, 3.05) is 29.7 Å². The maximum Gasteiger partial charge on any atom is 0.301 e. The molecule has 0 amide bonds. The van der Waals surface area contributed by atoms with Gasteiger partial charge in [-0.05, 0) is 53.6 Å². The molecule has 11 heteroatoms. The van der Waals surface area contributed by atoms with Crippen molar-refractivity contribution in [1.29, 1.82) is 0 Å². The van der Waals surface area contributed by atoms with E-state index in [0.717, 1.165) is 28.5 Å². The molecule has 2 aromatic rings. The van der Waals surface area contributed by atoms with E-state index in [0.29, 0.717) is 24.5 Å². The number of Topliss-reactive ketones (excluding diaryl/α,β-unsaturated/α-hetero) is 1. The smallest absolute Gasteiger partial charge is 0.301 e. The molecule has 2 aliphatic rings. The molecule has 1 aromatic carbocycles. The van der Waals surface area contributed by atoms with E-state index in [1.165, 1.54) is 4.31 Å². The highest BCUT2D eigenvalue weighted by atomic mass is 127. The Morgan fingerprint density at radius 2 is 2.00 bits per heavy atom. The lowest BCUT2D eigenvalue weighted by molar-refractivity contribution is 0.0958. The summed E-state index contributed by atoms with van der Waals surface area (Å²) < 4.78 is 58.5. The molecule has 0 bridgehead atoms. The Morgan fingerprint density at radius 1 is 1.28 bits per heavy atom. The van der Waals surface area contributed by atoms with E-state index >= 15 is 4.39 Å². The normalized spacial score (nSPS) is 19.1. The number of nitrogens with one attached hydrogen (secondary N) is 2. The van der Waals surface area contributed by atoms with Gasteiger partial charge in [-0.1, -0.05) is 0 Å². The van der Waals surface area contributed by atoms with E-state index in [1.807, 2.05) is 22.6 Å². The monoisotopic (exact) mass is 534 g/mol. The Hall–Kier alpha value is -1.86. The highest BCUT2D eigenvalue weighted by Gasteiger charge is 2.35. The Labute approximate surface area is 180 Å². The zero-order valence-corrected chi connectivity index (χ0v) is 18.1. The van der Waals surface area contributed by atoms with Crippen molar-refractivity contribution in [2.24, 2.45) is 0 Å². The van der Waals surface area contributed by atoms with Gasteiger partial charge in [0.25, 0.3) is 0 Å². The molecule has 4 rings (SSSR count). The maximum atomic E-state index is 15.1. The number of hydrogen-bond acceptors (Lipinski definition) is 5. The average Bonchev–Trinajstić information content (AvgIpc) is 3.34. The van der Waals surface area contributed by atoms with Gasteiger partial charge in [-0.3, -0.25) is 9.52 Å². The fourth-order valence-corrected chi connectivity index (χ4v) is 5.35. The van der Waals surface area contributed by atoms with Crippen molar-refractivity contribution in [3.05, 3.63) is 50.7 Å². The Bertz CT molecular complexity index is 1090. The SMILES string of the molecule is O=C(c1c(F)ccc(NS(=O)(=O)N2CCCC2)c1F)C1CNc2ncc(I)cc21. The van der Waals surface area contributed by atoms with Crippen LogP contribution in [-0.2, 0) is 10.2 Å². The van der Waals surface area contributed by atoms with Crippen LogP contribution in [0.5, 0.6) is 0 Å². The third kappa shape index (κ3) is 3.82. The van der Waals surface area contributed by atoms with Gasteiger partial charge in [0.15, 0.2) is 11.6 Å². The van der Waals surface area contributed by atoms with E-state index < -0.39 is 44.8 Å². The molecule has 2 aliphatic heterocycles. The molecule has 7 nitrogen and oxygen atoms in total. The molecule has 1 unspecified atom stereocenters. The van der Waals surface area contributed by atoms with Crippen molar-refractivity contribution >= 4 is 50.1 Å². The maximum absolute atomic E-state index is 15.1. The summed E-state index contributed by atoms with van der Waals surface area (Å²) in [6.07, 6.45) is 3.06. The van der Waals surface area contributed by atoms with Crippen LogP contribution in [0.25, 0.3) is 0 Å². The van der Waals surface area contributed by atoms with Gasteiger partial charge in [0.1, 0.15) is 11.6 Å². The second kappa shape index (κ2) is 7.76. The molecule has 1 saturated heterocycles. The topological polar surface area (TPSA) is 91.4 Å². The fraction of sp³-hybridized carbons (Fsp3) is 0.333. The van der Waals surface area contributed by atoms with E-state index in [2.05, 4.69) is 15.0 Å². The average molecular weight is 534 g/mol. The van der Waals surface area contributed by atoms with E-state index in [4.69, 9.17) is 0 Å². The summed E-state index contributed by atoms with van der Waals surface area (Å²) in [6, 6.07) is 3.62.